The molecule has 0 saturated carbocycles. The van der Waals surface area contributed by atoms with E-state index in [0.717, 1.165) is 39.2 Å². The number of para-hydroxylation sites is 1. The monoisotopic (exact) mass is 362 g/mol. The molecule has 26 heavy (non-hydrogen) atoms. The van der Waals surface area contributed by atoms with Crippen LogP contribution in [-0.4, -0.2) is 27.4 Å². The van der Waals surface area contributed by atoms with E-state index in [1.807, 2.05) is 28.8 Å². The number of ether oxygens (including phenoxy) is 1. The van der Waals surface area contributed by atoms with Gasteiger partial charge in [0.05, 0.1) is 24.3 Å². The molecule has 5 aromatic rings. The normalized spacial score (nSPS) is 11.4. The molecule has 0 spiro atoms. The first-order chi connectivity index (χ1) is 12.8. The van der Waals surface area contributed by atoms with Crippen molar-refractivity contribution in [3.05, 3.63) is 66.0 Å². The molecule has 0 unspecified atom stereocenters. The largest absolute Gasteiger partial charge is 0.497 e. The number of hydrogen-bond acceptors (Lipinski definition) is 4. The van der Waals surface area contributed by atoms with Crippen LogP contribution in [0.25, 0.3) is 26.6 Å². The maximum absolute atomic E-state index is 5.21. The quantitative estimate of drug-likeness (QED) is 0.482. The highest BCUT2D eigenvalue weighted by Gasteiger charge is 2.21. The van der Waals surface area contributed by atoms with Crippen LogP contribution in [-0.2, 0) is 6.42 Å². The number of nitrogens with zero attached hydrogens (tertiary/aromatic N) is 3. The Morgan fingerprint density at radius 1 is 1.12 bits per heavy atom. The molecule has 2 aromatic carbocycles. The van der Waals surface area contributed by atoms with Gasteiger partial charge in [0.15, 0.2) is 5.01 Å². The van der Waals surface area contributed by atoms with Crippen LogP contribution in [0.1, 0.15) is 11.4 Å². The predicted octanol–water partition coefficient (Wildman–Crippen LogP) is 3.35. The Balaban J connectivity index is 1.50. The minimum Gasteiger partial charge on any atom is -0.497 e. The lowest BCUT2D eigenvalue weighted by Crippen LogP contribution is -2.26. The third-order valence-electron chi connectivity index (χ3n) is 4.39. The fourth-order valence-corrected chi connectivity index (χ4v) is 3.88. The molecule has 0 atom stereocenters. The summed E-state index contributed by atoms with van der Waals surface area (Å²) in [6, 6.07) is 18.4. The Hall–Kier alpha value is -3.19. The standard InChI is InChI=1S/C19H15N5OS/c1-25-14-8-6-12(7-9-14)10-17-21-22-19-24(17)23-18(26-19)16-11-13-4-2-3-5-15(13)20-16/h2-9,11H,10H2,1H3,(H,20,23)/p+1. The summed E-state index contributed by atoms with van der Waals surface area (Å²) in [5, 5.41) is 14.4. The van der Waals surface area contributed by atoms with Crippen molar-refractivity contribution in [3.63, 3.8) is 0 Å². The van der Waals surface area contributed by atoms with Gasteiger partial charge in [-0.1, -0.05) is 39.9 Å². The number of H-pyrrole nitrogens is 2. The number of aromatic amines is 2. The smallest absolute Gasteiger partial charge is 0.384 e. The van der Waals surface area contributed by atoms with Gasteiger partial charge in [0.25, 0.3) is 5.82 Å². The molecule has 0 fully saturated rings. The lowest BCUT2D eigenvalue weighted by atomic mass is 10.1. The first kappa shape index (κ1) is 15.1. The molecule has 3 heterocycles. The van der Waals surface area contributed by atoms with E-state index < -0.39 is 0 Å². The number of methoxy groups -OCH3 is 1. The van der Waals surface area contributed by atoms with E-state index in [0.29, 0.717) is 0 Å². The fourth-order valence-electron chi connectivity index (χ4n) is 3.04. The number of nitrogens with one attached hydrogen (secondary N) is 2. The molecular weight excluding hydrogens is 346 g/mol. The van der Waals surface area contributed by atoms with E-state index in [1.54, 1.807) is 18.4 Å². The second-order valence-corrected chi connectivity index (χ2v) is 7.02. The molecule has 6 nitrogen and oxygen atoms in total. The summed E-state index contributed by atoms with van der Waals surface area (Å²) in [7, 11) is 1.67. The molecule has 2 N–H and O–H groups in total. The van der Waals surface area contributed by atoms with Gasteiger partial charge in [0.2, 0.25) is 0 Å². The number of fused-ring (bicyclic) bond motifs is 2. The highest BCUT2D eigenvalue weighted by Crippen LogP contribution is 2.26. The average molecular weight is 362 g/mol. The van der Waals surface area contributed by atoms with Crippen molar-refractivity contribution in [1.82, 2.24) is 20.3 Å². The molecule has 3 aromatic heterocycles. The van der Waals surface area contributed by atoms with Crippen LogP contribution >= 0.6 is 11.3 Å². The van der Waals surface area contributed by atoms with E-state index in [4.69, 9.17) is 9.84 Å². The van der Waals surface area contributed by atoms with Crippen molar-refractivity contribution >= 4 is 27.2 Å². The van der Waals surface area contributed by atoms with Crippen molar-refractivity contribution in [2.45, 2.75) is 6.42 Å². The van der Waals surface area contributed by atoms with Gasteiger partial charge < -0.3 is 9.72 Å². The maximum atomic E-state index is 5.21. The highest BCUT2D eigenvalue weighted by atomic mass is 32.1. The van der Waals surface area contributed by atoms with Gasteiger partial charge >= 0.3 is 4.96 Å². The minimum absolute atomic E-state index is 0.723. The molecule has 7 heteroatoms. The summed E-state index contributed by atoms with van der Waals surface area (Å²) in [6.45, 7) is 0. The minimum atomic E-state index is 0.723. The fraction of sp³-hybridized carbons (Fsp3) is 0.105. The van der Waals surface area contributed by atoms with Gasteiger partial charge in [-0.2, -0.15) is 0 Å². The molecule has 0 aliphatic carbocycles. The lowest BCUT2D eigenvalue weighted by molar-refractivity contribution is -0.583. The molecule has 0 aliphatic rings. The van der Waals surface area contributed by atoms with Crippen molar-refractivity contribution < 1.29 is 9.25 Å². The van der Waals surface area contributed by atoms with Crippen molar-refractivity contribution in [3.8, 4) is 16.5 Å². The number of benzene rings is 2. The Kier molecular flexibility index (Phi) is 3.46. The second-order valence-electron chi connectivity index (χ2n) is 6.07. The van der Waals surface area contributed by atoms with Crippen LogP contribution in [0.15, 0.2) is 54.6 Å². The van der Waals surface area contributed by atoms with Gasteiger partial charge in [-0.15, -0.1) is 5.10 Å². The Bertz CT molecular complexity index is 1170. The third kappa shape index (κ3) is 2.53. The van der Waals surface area contributed by atoms with Crippen LogP contribution in [0.4, 0.5) is 0 Å². The van der Waals surface area contributed by atoms with Crippen LogP contribution in [0.2, 0.25) is 0 Å². The first-order valence-corrected chi connectivity index (χ1v) is 9.09. The molecule has 5 rings (SSSR count). The zero-order chi connectivity index (χ0) is 17.5. The van der Waals surface area contributed by atoms with Crippen molar-refractivity contribution in [1.29, 1.82) is 0 Å². The van der Waals surface area contributed by atoms with Crippen molar-refractivity contribution in [2.24, 2.45) is 0 Å². The van der Waals surface area contributed by atoms with Gasteiger partial charge in [-0.25, -0.2) is 0 Å². The van der Waals surface area contributed by atoms with E-state index >= 15 is 0 Å². The summed E-state index contributed by atoms with van der Waals surface area (Å²) in [5.41, 5.74) is 3.29. The molecule has 0 bridgehead atoms. The maximum Gasteiger partial charge on any atom is 0.384 e. The Morgan fingerprint density at radius 3 is 2.77 bits per heavy atom. The van der Waals surface area contributed by atoms with Gasteiger partial charge in [-0.3, -0.25) is 0 Å². The Labute approximate surface area is 153 Å². The summed E-state index contributed by atoms with van der Waals surface area (Å²) < 4.78 is 7.10. The van der Waals surface area contributed by atoms with Crippen LogP contribution < -0.4 is 9.25 Å². The molecule has 0 aliphatic heterocycles. The highest BCUT2D eigenvalue weighted by molar-refractivity contribution is 7.19. The molecule has 128 valence electrons. The molecule has 0 radical (unpaired) electrons. The van der Waals surface area contributed by atoms with Crippen molar-refractivity contribution in [2.75, 3.05) is 7.11 Å². The average Bonchev–Trinajstić information content (AvgIpc) is 3.36. The molecule has 0 amide bonds. The predicted molar refractivity (Wildman–Crippen MR) is 101 cm³/mol. The first-order valence-electron chi connectivity index (χ1n) is 8.27. The summed E-state index contributed by atoms with van der Waals surface area (Å²) in [4.78, 5) is 4.28. The van der Waals surface area contributed by atoms with E-state index in [-0.39, 0.29) is 0 Å². The summed E-state index contributed by atoms with van der Waals surface area (Å²) in [6.07, 6.45) is 0.723. The van der Waals surface area contributed by atoms with E-state index in [9.17, 15) is 0 Å². The van der Waals surface area contributed by atoms with Crippen LogP contribution in [0.3, 0.4) is 0 Å². The summed E-state index contributed by atoms with van der Waals surface area (Å²) >= 11 is 1.56. The van der Waals surface area contributed by atoms with E-state index in [2.05, 4.69) is 45.5 Å². The number of rotatable bonds is 4. The lowest BCUT2D eigenvalue weighted by Gasteiger charge is -2.00. The topological polar surface area (TPSA) is 70.7 Å². The molecule has 0 saturated heterocycles. The number of aromatic nitrogens is 5. The van der Waals surface area contributed by atoms with Crippen LogP contribution in [0, 0.1) is 0 Å². The van der Waals surface area contributed by atoms with Gasteiger partial charge in [0, 0.05) is 10.9 Å². The van der Waals surface area contributed by atoms with Gasteiger partial charge in [0.1, 0.15) is 5.75 Å². The zero-order valence-corrected chi connectivity index (χ0v) is 14.9. The third-order valence-corrected chi connectivity index (χ3v) is 5.33. The molecular formula is C19H16N5OS+. The Morgan fingerprint density at radius 2 is 1.96 bits per heavy atom. The second kappa shape index (κ2) is 5.96. The summed E-state index contributed by atoms with van der Waals surface area (Å²) in [5.74, 6) is 1.80. The number of hydrogen-bond donors (Lipinski definition) is 2. The zero-order valence-electron chi connectivity index (χ0n) is 14.1. The van der Waals surface area contributed by atoms with Gasteiger partial charge in [-0.05, 0) is 41.2 Å². The SMILES string of the molecule is COc1ccc(Cc2[nH]nc3sc(-c4cc5ccccc5[nH]4)n[n+]23)cc1. The van der Waals surface area contributed by atoms with E-state index in [1.165, 1.54) is 10.9 Å². The van der Waals surface area contributed by atoms with Crippen LogP contribution in [0.5, 0.6) is 5.75 Å².